The van der Waals surface area contributed by atoms with Crippen LogP contribution in [0.25, 0.3) is 0 Å². The van der Waals surface area contributed by atoms with Crippen molar-refractivity contribution in [3.05, 3.63) is 29.8 Å². The summed E-state index contributed by atoms with van der Waals surface area (Å²) < 4.78 is 0. The Labute approximate surface area is 127 Å². The van der Waals surface area contributed by atoms with Gasteiger partial charge in [0.05, 0.1) is 5.41 Å². The van der Waals surface area contributed by atoms with Gasteiger partial charge < -0.3 is 10.4 Å². The highest BCUT2D eigenvalue weighted by atomic mass is 32.2. The number of Topliss-reactive ketones (excluding diaryl/α,β-unsaturated/α-hetero) is 1. The number of nitrogens with one attached hydrogen (secondary N) is 1. The summed E-state index contributed by atoms with van der Waals surface area (Å²) in [5, 5.41) is 12.0. The van der Waals surface area contributed by atoms with E-state index in [1.54, 1.807) is 36.0 Å². The minimum absolute atomic E-state index is 0.0420. The number of rotatable bonds is 5. The molecule has 1 saturated heterocycles. The van der Waals surface area contributed by atoms with Crippen LogP contribution in [-0.4, -0.2) is 34.3 Å². The Hall–Kier alpha value is -1.82. The van der Waals surface area contributed by atoms with Crippen LogP contribution in [0.2, 0.25) is 0 Å². The number of anilines is 1. The zero-order valence-corrected chi connectivity index (χ0v) is 12.5. The second kappa shape index (κ2) is 6.30. The van der Waals surface area contributed by atoms with E-state index in [1.165, 1.54) is 6.92 Å². The summed E-state index contributed by atoms with van der Waals surface area (Å²) in [4.78, 5) is 34.8. The average molecular weight is 307 g/mol. The van der Waals surface area contributed by atoms with Crippen molar-refractivity contribution in [2.75, 3.05) is 16.8 Å². The summed E-state index contributed by atoms with van der Waals surface area (Å²) in [6.45, 7) is 1.45. The van der Waals surface area contributed by atoms with E-state index in [-0.39, 0.29) is 18.1 Å². The predicted molar refractivity (Wildman–Crippen MR) is 81.7 cm³/mol. The summed E-state index contributed by atoms with van der Waals surface area (Å²) in [6.07, 6.45) is 0.466. The third-order valence-electron chi connectivity index (χ3n) is 3.61. The van der Waals surface area contributed by atoms with Gasteiger partial charge in [-0.3, -0.25) is 14.4 Å². The van der Waals surface area contributed by atoms with E-state index in [0.717, 1.165) is 5.75 Å². The van der Waals surface area contributed by atoms with Gasteiger partial charge in [0.2, 0.25) is 5.91 Å². The molecule has 1 aromatic carbocycles. The molecule has 6 heteroatoms. The van der Waals surface area contributed by atoms with Gasteiger partial charge in [-0.1, -0.05) is 12.1 Å². The Kier molecular flexibility index (Phi) is 4.67. The number of hydrogen-bond acceptors (Lipinski definition) is 4. The maximum atomic E-state index is 12.1. The highest BCUT2D eigenvalue weighted by molar-refractivity contribution is 7.99. The number of carbonyl (C=O) groups excluding carboxylic acids is 2. The van der Waals surface area contributed by atoms with Crippen LogP contribution in [-0.2, 0) is 9.59 Å². The van der Waals surface area contributed by atoms with Crippen LogP contribution >= 0.6 is 11.8 Å². The molecule has 2 rings (SSSR count). The molecule has 1 heterocycles. The molecule has 21 heavy (non-hydrogen) atoms. The van der Waals surface area contributed by atoms with Crippen LogP contribution < -0.4 is 5.32 Å². The first-order valence-electron chi connectivity index (χ1n) is 6.65. The third-order valence-corrected chi connectivity index (χ3v) is 4.86. The van der Waals surface area contributed by atoms with E-state index in [4.69, 9.17) is 0 Å². The first-order chi connectivity index (χ1) is 9.93. The summed E-state index contributed by atoms with van der Waals surface area (Å²) in [5.74, 6) is -0.108. The summed E-state index contributed by atoms with van der Waals surface area (Å²) in [5.41, 5.74) is 0.0588. The van der Waals surface area contributed by atoms with Gasteiger partial charge in [-0.2, -0.15) is 11.8 Å². The SMILES string of the molecule is CC(=O)c1cccc(NC(=O)CC2(C(=O)O)CCSC2)c1. The highest BCUT2D eigenvalue weighted by Gasteiger charge is 2.43. The number of carboxylic acids is 1. The third kappa shape index (κ3) is 3.64. The molecule has 5 nitrogen and oxygen atoms in total. The number of thioether (sulfide) groups is 1. The Morgan fingerprint density at radius 1 is 1.38 bits per heavy atom. The largest absolute Gasteiger partial charge is 0.481 e. The lowest BCUT2D eigenvalue weighted by atomic mass is 9.84. The summed E-state index contributed by atoms with van der Waals surface area (Å²) in [6, 6.07) is 6.63. The van der Waals surface area contributed by atoms with Crippen LogP contribution in [0.4, 0.5) is 5.69 Å². The molecule has 0 bridgehead atoms. The van der Waals surface area contributed by atoms with Crippen molar-refractivity contribution in [2.45, 2.75) is 19.8 Å². The van der Waals surface area contributed by atoms with E-state index < -0.39 is 11.4 Å². The normalized spacial score (nSPS) is 21.0. The van der Waals surface area contributed by atoms with Crippen molar-refractivity contribution >= 4 is 35.1 Å². The van der Waals surface area contributed by atoms with Crippen LogP contribution in [0, 0.1) is 5.41 Å². The molecule has 0 aromatic heterocycles. The summed E-state index contributed by atoms with van der Waals surface area (Å²) in [7, 11) is 0. The molecule has 0 spiro atoms. The molecule has 1 amide bonds. The molecule has 112 valence electrons. The van der Waals surface area contributed by atoms with E-state index in [2.05, 4.69) is 5.32 Å². The van der Waals surface area contributed by atoms with Crippen molar-refractivity contribution in [1.82, 2.24) is 0 Å². The molecule has 0 radical (unpaired) electrons. The fraction of sp³-hybridized carbons (Fsp3) is 0.400. The molecule has 1 aliphatic heterocycles. The smallest absolute Gasteiger partial charge is 0.311 e. The van der Waals surface area contributed by atoms with E-state index in [0.29, 0.717) is 23.4 Å². The fourth-order valence-electron chi connectivity index (χ4n) is 2.32. The van der Waals surface area contributed by atoms with Gasteiger partial charge in [-0.25, -0.2) is 0 Å². The lowest BCUT2D eigenvalue weighted by Crippen LogP contribution is -2.35. The van der Waals surface area contributed by atoms with Crippen LogP contribution in [0.3, 0.4) is 0 Å². The minimum Gasteiger partial charge on any atom is -0.481 e. The fourth-order valence-corrected chi connectivity index (χ4v) is 3.76. The quantitative estimate of drug-likeness (QED) is 0.816. The van der Waals surface area contributed by atoms with Gasteiger partial charge in [-0.05, 0) is 31.2 Å². The van der Waals surface area contributed by atoms with Crippen LogP contribution in [0.1, 0.15) is 30.1 Å². The lowest BCUT2D eigenvalue weighted by molar-refractivity contribution is -0.149. The molecule has 1 fully saturated rings. The first-order valence-corrected chi connectivity index (χ1v) is 7.80. The Balaban J connectivity index is 2.06. The first kappa shape index (κ1) is 15.6. The Morgan fingerprint density at radius 3 is 2.71 bits per heavy atom. The second-order valence-corrected chi connectivity index (χ2v) is 6.36. The van der Waals surface area contributed by atoms with Crippen molar-refractivity contribution < 1.29 is 19.5 Å². The maximum Gasteiger partial charge on any atom is 0.311 e. The molecule has 1 unspecified atom stereocenters. The van der Waals surface area contributed by atoms with E-state index >= 15 is 0 Å². The van der Waals surface area contributed by atoms with Gasteiger partial charge in [-0.15, -0.1) is 0 Å². The molecular formula is C15H17NO4S. The Bertz CT molecular complexity index is 579. The van der Waals surface area contributed by atoms with Crippen LogP contribution in [0.5, 0.6) is 0 Å². The molecule has 1 atom stereocenters. The zero-order valence-electron chi connectivity index (χ0n) is 11.7. The standard InChI is InChI=1S/C15H17NO4S/c1-10(17)11-3-2-4-12(7-11)16-13(18)8-15(14(19)20)5-6-21-9-15/h2-4,7H,5-6,8-9H2,1H3,(H,16,18)(H,19,20). The van der Waals surface area contributed by atoms with E-state index in [1.807, 2.05) is 0 Å². The van der Waals surface area contributed by atoms with Crippen molar-refractivity contribution in [3.8, 4) is 0 Å². The number of hydrogen-bond donors (Lipinski definition) is 2. The molecular weight excluding hydrogens is 290 g/mol. The van der Waals surface area contributed by atoms with Gasteiger partial charge in [0.25, 0.3) is 0 Å². The predicted octanol–water partition coefficient (Wildman–Crippen LogP) is 2.43. The number of amides is 1. The van der Waals surface area contributed by atoms with Crippen molar-refractivity contribution in [1.29, 1.82) is 0 Å². The van der Waals surface area contributed by atoms with Gasteiger partial charge in [0.15, 0.2) is 5.78 Å². The monoisotopic (exact) mass is 307 g/mol. The van der Waals surface area contributed by atoms with Crippen molar-refractivity contribution in [2.24, 2.45) is 5.41 Å². The number of carboxylic acid groups (broad SMARTS) is 1. The highest BCUT2D eigenvalue weighted by Crippen LogP contribution is 2.39. The topological polar surface area (TPSA) is 83.5 Å². The molecule has 1 aliphatic rings. The van der Waals surface area contributed by atoms with E-state index in [9.17, 15) is 19.5 Å². The number of benzene rings is 1. The van der Waals surface area contributed by atoms with Crippen LogP contribution in [0.15, 0.2) is 24.3 Å². The Morgan fingerprint density at radius 2 is 2.14 bits per heavy atom. The molecule has 1 aromatic rings. The van der Waals surface area contributed by atoms with Crippen molar-refractivity contribution in [3.63, 3.8) is 0 Å². The number of aliphatic carboxylic acids is 1. The van der Waals surface area contributed by atoms with Gasteiger partial charge in [0.1, 0.15) is 0 Å². The second-order valence-electron chi connectivity index (χ2n) is 5.25. The summed E-state index contributed by atoms with van der Waals surface area (Å²) >= 11 is 1.56. The number of ketones is 1. The molecule has 0 aliphatic carbocycles. The minimum atomic E-state index is -0.965. The molecule has 2 N–H and O–H groups in total. The molecule has 0 saturated carbocycles. The maximum absolute atomic E-state index is 12.1. The average Bonchev–Trinajstić information content (AvgIpc) is 2.88. The lowest BCUT2D eigenvalue weighted by Gasteiger charge is -2.22. The van der Waals surface area contributed by atoms with Gasteiger partial charge >= 0.3 is 5.97 Å². The zero-order chi connectivity index (χ0) is 15.5. The van der Waals surface area contributed by atoms with Gasteiger partial charge in [0, 0.05) is 23.4 Å². The number of carbonyl (C=O) groups is 3.